The second-order valence-electron chi connectivity index (χ2n) is 7.39. The lowest BCUT2D eigenvalue weighted by atomic mass is 10.0. The summed E-state index contributed by atoms with van der Waals surface area (Å²) in [7, 11) is 0. The third kappa shape index (κ3) is 8.02. The van der Waals surface area contributed by atoms with E-state index in [9.17, 15) is 4.79 Å². The Labute approximate surface area is 157 Å². The van der Waals surface area contributed by atoms with Crippen LogP contribution in [0.3, 0.4) is 0 Å². The molecule has 2 aromatic carbocycles. The molecule has 0 bridgehead atoms. The minimum atomic E-state index is -0.502. The van der Waals surface area contributed by atoms with Gasteiger partial charge < -0.3 is 10.1 Å². The highest BCUT2D eigenvalue weighted by Crippen LogP contribution is 2.10. The van der Waals surface area contributed by atoms with Crippen LogP contribution < -0.4 is 5.32 Å². The molecule has 1 amide bonds. The SMILES string of the molecule is CC(C)(C)OC(=O)N[C@H](/C=C/CCc1ccccc1)Cc1ccccc1. The number of benzene rings is 2. The van der Waals surface area contributed by atoms with Gasteiger partial charge in [-0.15, -0.1) is 0 Å². The smallest absolute Gasteiger partial charge is 0.408 e. The van der Waals surface area contributed by atoms with Gasteiger partial charge >= 0.3 is 6.09 Å². The van der Waals surface area contributed by atoms with E-state index < -0.39 is 5.60 Å². The third-order valence-electron chi connectivity index (χ3n) is 3.81. The summed E-state index contributed by atoms with van der Waals surface area (Å²) >= 11 is 0. The lowest BCUT2D eigenvalue weighted by Gasteiger charge is -2.22. The largest absolute Gasteiger partial charge is 0.444 e. The molecule has 138 valence electrons. The monoisotopic (exact) mass is 351 g/mol. The van der Waals surface area contributed by atoms with Crippen molar-refractivity contribution in [2.24, 2.45) is 0 Å². The lowest BCUT2D eigenvalue weighted by molar-refractivity contribution is 0.0514. The van der Waals surface area contributed by atoms with Crippen LogP contribution in [0.2, 0.25) is 0 Å². The van der Waals surface area contributed by atoms with Crippen LogP contribution in [0.15, 0.2) is 72.8 Å². The molecule has 3 nitrogen and oxygen atoms in total. The predicted octanol–water partition coefficient (Wildman–Crippen LogP) is 5.31. The lowest BCUT2D eigenvalue weighted by Crippen LogP contribution is -2.39. The van der Waals surface area contributed by atoms with Crippen LogP contribution in [0.5, 0.6) is 0 Å². The minimum Gasteiger partial charge on any atom is -0.444 e. The van der Waals surface area contributed by atoms with E-state index in [1.165, 1.54) is 11.1 Å². The first-order valence-electron chi connectivity index (χ1n) is 9.16. The van der Waals surface area contributed by atoms with Gasteiger partial charge in [0.25, 0.3) is 0 Å². The van der Waals surface area contributed by atoms with Crippen molar-refractivity contribution in [1.29, 1.82) is 0 Å². The average molecular weight is 351 g/mol. The fourth-order valence-corrected chi connectivity index (χ4v) is 2.65. The Morgan fingerprint density at radius 2 is 1.58 bits per heavy atom. The van der Waals surface area contributed by atoms with Gasteiger partial charge in [0.15, 0.2) is 0 Å². The molecule has 0 heterocycles. The number of allylic oxidation sites excluding steroid dienone is 1. The van der Waals surface area contributed by atoms with Crippen molar-refractivity contribution in [3.05, 3.63) is 83.9 Å². The van der Waals surface area contributed by atoms with Crippen LogP contribution in [-0.2, 0) is 17.6 Å². The van der Waals surface area contributed by atoms with Crippen LogP contribution >= 0.6 is 0 Å². The van der Waals surface area contributed by atoms with E-state index in [0.29, 0.717) is 0 Å². The summed E-state index contributed by atoms with van der Waals surface area (Å²) in [5, 5.41) is 2.97. The van der Waals surface area contributed by atoms with Gasteiger partial charge in [-0.2, -0.15) is 0 Å². The Kier molecular flexibility index (Phi) is 7.46. The molecule has 0 unspecified atom stereocenters. The molecule has 0 aliphatic heterocycles. The number of amides is 1. The summed E-state index contributed by atoms with van der Waals surface area (Å²) in [6.07, 6.45) is 6.48. The fraction of sp³-hybridized carbons (Fsp3) is 0.348. The van der Waals surface area contributed by atoms with Crippen molar-refractivity contribution in [1.82, 2.24) is 5.32 Å². The maximum absolute atomic E-state index is 12.1. The van der Waals surface area contributed by atoms with Gasteiger partial charge in [-0.1, -0.05) is 72.8 Å². The molecule has 26 heavy (non-hydrogen) atoms. The first-order valence-corrected chi connectivity index (χ1v) is 9.16. The van der Waals surface area contributed by atoms with E-state index in [2.05, 4.69) is 53.9 Å². The summed E-state index contributed by atoms with van der Waals surface area (Å²) in [6, 6.07) is 20.5. The summed E-state index contributed by atoms with van der Waals surface area (Å²) in [6.45, 7) is 5.61. The fourth-order valence-electron chi connectivity index (χ4n) is 2.65. The molecule has 2 aromatic rings. The number of rotatable bonds is 7. The van der Waals surface area contributed by atoms with Crippen molar-refractivity contribution in [3.63, 3.8) is 0 Å². The van der Waals surface area contributed by atoms with E-state index in [4.69, 9.17) is 4.74 Å². The summed E-state index contributed by atoms with van der Waals surface area (Å²) < 4.78 is 5.40. The van der Waals surface area contributed by atoms with Crippen molar-refractivity contribution < 1.29 is 9.53 Å². The van der Waals surface area contributed by atoms with Crippen LogP contribution in [0.4, 0.5) is 4.79 Å². The number of nitrogens with one attached hydrogen (secondary N) is 1. The molecule has 1 atom stereocenters. The molecular formula is C23H29NO2. The van der Waals surface area contributed by atoms with Gasteiger partial charge in [-0.25, -0.2) is 4.79 Å². The van der Waals surface area contributed by atoms with E-state index >= 15 is 0 Å². The number of alkyl carbamates (subject to hydrolysis) is 1. The van der Waals surface area contributed by atoms with Crippen LogP contribution in [-0.4, -0.2) is 17.7 Å². The second kappa shape index (κ2) is 9.81. The Morgan fingerprint density at radius 3 is 2.15 bits per heavy atom. The number of hydrogen-bond donors (Lipinski definition) is 1. The Balaban J connectivity index is 1.95. The molecule has 0 aliphatic rings. The Bertz CT molecular complexity index is 687. The number of carbonyl (C=O) groups excluding carboxylic acids is 1. The molecule has 2 rings (SSSR count). The molecule has 0 radical (unpaired) electrons. The van der Waals surface area contributed by atoms with Gasteiger partial charge in [-0.3, -0.25) is 0 Å². The van der Waals surface area contributed by atoms with E-state index in [1.807, 2.05) is 45.0 Å². The highest BCUT2D eigenvalue weighted by atomic mass is 16.6. The van der Waals surface area contributed by atoms with Gasteiger partial charge in [0.2, 0.25) is 0 Å². The zero-order valence-corrected chi connectivity index (χ0v) is 15.9. The highest BCUT2D eigenvalue weighted by molar-refractivity contribution is 5.68. The zero-order valence-electron chi connectivity index (χ0n) is 15.9. The molecule has 1 N–H and O–H groups in total. The Hall–Kier alpha value is -2.55. The minimum absolute atomic E-state index is 0.0944. The maximum atomic E-state index is 12.1. The molecule has 0 saturated carbocycles. The van der Waals surface area contributed by atoms with Gasteiger partial charge in [0.1, 0.15) is 5.60 Å². The molecule has 0 fully saturated rings. The predicted molar refractivity (Wildman–Crippen MR) is 107 cm³/mol. The van der Waals surface area contributed by atoms with Gasteiger partial charge in [0.05, 0.1) is 6.04 Å². The standard InChI is InChI=1S/C23H29NO2/c1-23(2,3)26-22(25)24-21(18-20-15-8-5-9-16-20)17-11-10-14-19-12-6-4-7-13-19/h4-9,11-13,15-17,21H,10,14,18H2,1-3H3,(H,24,25)/b17-11+/t21-/m1/s1. The topological polar surface area (TPSA) is 38.3 Å². The van der Waals surface area contributed by atoms with Crippen molar-refractivity contribution in [2.45, 2.75) is 51.7 Å². The van der Waals surface area contributed by atoms with Crippen LogP contribution in [0.25, 0.3) is 0 Å². The maximum Gasteiger partial charge on any atom is 0.408 e. The van der Waals surface area contributed by atoms with Gasteiger partial charge in [-0.05, 0) is 51.2 Å². The normalized spacial score (nSPS) is 12.7. The van der Waals surface area contributed by atoms with Crippen LogP contribution in [0.1, 0.15) is 38.3 Å². The average Bonchev–Trinajstić information content (AvgIpc) is 2.59. The van der Waals surface area contributed by atoms with E-state index in [-0.39, 0.29) is 12.1 Å². The van der Waals surface area contributed by atoms with Crippen molar-refractivity contribution >= 4 is 6.09 Å². The molecule has 3 heteroatoms. The molecule has 0 aliphatic carbocycles. The second-order valence-corrected chi connectivity index (χ2v) is 7.39. The Morgan fingerprint density at radius 1 is 1.00 bits per heavy atom. The van der Waals surface area contributed by atoms with E-state index in [1.54, 1.807) is 0 Å². The zero-order chi connectivity index (χ0) is 18.8. The molecule has 0 spiro atoms. The molecule has 0 saturated heterocycles. The van der Waals surface area contributed by atoms with Crippen LogP contribution in [0, 0.1) is 0 Å². The van der Waals surface area contributed by atoms with Gasteiger partial charge in [0, 0.05) is 0 Å². The van der Waals surface area contributed by atoms with Crippen molar-refractivity contribution in [3.8, 4) is 0 Å². The summed E-state index contributed by atoms with van der Waals surface area (Å²) in [4.78, 5) is 12.1. The van der Waals surface area contributed by atoms with Crippen molar-refractivity contribution in [2.75, 3.05) is 0 Å². The first kappa shape index (κ1) is 19.8. The number of hydrogen-bond acceptors (Lipinski definition) is 2. The summed E-state index contributed by atoms with van der Waals surface area (Å²) in [5.74, 6) is 0. The number of ether oxygens (including phenoxy) is 1. The molecule has 0 aromatic heterocycles. The number of aryl methyl sites for hydroxylation is 1. The first-order chi connectivity index (χ1) is 12.4. The molecular weight excluding hydrogens is 322 g/mol. The quantitative estimate of drug-likeness (QED) is 0.686. The summed E-state index contributed by atoms with van der Waals surface area (Å²) in [5.41, 5.74) is 2.00. The van der Waals surface area contributed by atoms with E-state index in [0.717, 1.165) is 19.3 Å². The number of carbonyl (C=O) groups is 1. The third-order valence-corrected chi connectivity index (χ3v) is 3.81. The highest BCUT2D eigenvalue weighted by Gasteiger charge is 2.18.